The summed E-state index contributed by atoms with van der Waals surface area (Å²) in [6.07, 6.45) is 2.84. The fraction of sp³-hybridized carbons (Fsp3) is 0.231. The third-order valence-electron chi connectivity index (χ3n) is 2.88. The number of fused-ring (bicyclic) bond motifs is 1. The Morgan fingerprint density at radius 1 is 1.44 bits per heavy atom. The molecule has 0 aliphatic carbocycles. The largest absolute Gasteiger partial charge is 0.493 e. The fourth-order valence-corrected chi connectivity index (χ4v) is 2.03. The van der Waals surface area contributed by atoms with Crippen molar-refractivity contribution in [3.63, 3.8) is 0 Å². The summed E-state index contributed by atoms with van der Waals surface area (Å²) in [6.45, 7) is 0.723. The minimum atomic E-state index is -0.0573. The van der Waals surface area contributed by atoms with E-state index in [9.17, 15) is 4.79 Å². The third-order valence-corrected chi connectivity index (χ3v) is 2.88. The Kier molecular flexibility index (Phi) is 2.72. The number of carbonyl (C=O) groups excluding carboxylic acids is 1. The zero-order valence-electron chi connectivity index (χ0n) is 9.77. The lowest BCUT2D eigenvalue weighted by molar-refractivity contribution is -0.115. The average molecular weight is 243 g/mol. The molecule has 0 fully saturated rings. The van der Waals surface area contributed by atoms with E-state index in [-0.39, 0.29) is 5.91 Å². The summed E-state index contributed by atoms with van der Waals surface area (Å²) in [4.78, 5) is 11.8. The number of aromatic nitrogens is 2. The van der Waals surface area contributed by atoms with E-state index in [0.29, 0.717) is 6.42 Å². The van der Waals surface area contributed by atoms with Crippen LogP contribution in [-0.4, -0.2) is 22.7 Å². The maximum atomic E-state index is 11.8. The lowest BCUT2D eigenvalue weighted by atomic mass is 10.1. The zero-order valence-corrected chi connectivity index (χ0v) is 9.77. The Labute approximate surface area is 104 Å². The van der Waals surface area contributed by atoms with Crippen LogP contribution in [0.1, 0.15) is 11.3 Å². The van der Waals surface area contributed by atoms with Crippen LogP contribution in [0.3, 0.4) is 0 Å². The molecule has 92 valence electrons. The highest BCUT2D eigenvalue weighted by Gasteiger charge is 2.13. The number of H-pyrrole nitrogens is 1. The van der Waals surface area contributed by atoms with Crippen molar-refractivity contribution in [2.45, 2.75) is 12.8 Å². The Hall–Kier alpha value is -2.30. The molecule has 1 aromatic heterocycles. The standard InChI is InChI=1S/C13H13N3O2/c17-13(8-11-3-5-14-16-11)15-10-1-2-12-9(7-10)4-6-18-12/h1-3,5,7H,4,6,8H2,(H,14,16)(H,15,17). The van der Waals surface area contributed by atoms with Crippen molar-refractivity contribution in [3.05, 3.63) is 41.7 Å². The van der Waals surface area contributed by atoms with Crippen molar-refractivity contribution >= 4 is 11.6 Å². The first-order chi connectivity index (χ1) is 8.81. The molecule has 3 rings (SSSR count). The van der Waals surface area contributed by atoms with Crippen LogP contribution in [-0.2, 0) is 17.6 Å². The van der Waals surface area contributed by atoms with E-state index in [1.54, 1.807) is 12.3 Å². The molecule has 0 unspecified atom stereocenters. The molecule has 0 radical (unpaired) electrons. The number of nitrogens with one attached hydrogen (secondary N) is 2. The highest BCUT2D eigenvalue weighted by molar-refractivity contribution is 5.92. The van der Waals surface area contributed by atoms with Gasteiger partial charge in [0.2, 0.25) is 5.91 Å². The Morgan fingerprint density at radius 2 is 2.39 bits per heavy atom. The van der Waals surface area contributed by atoms with Gasteiger partial charge in [0.15, 0.2) is 0 Å². The molecular weight excluding hydrogens is 230 g/mol. The first-order valence-corrected chi connectivity index (χ1v) is 5.85. The van der Waals surface area contributed by atoms with E-state index in [2.05, 4.69) is 15.5 Å². The van der Waals surface area contributed by atoms with E-state index in [1.807, 2.05) is 18.2 Å². The van der Waals surface area contributed by atoms with E-state index < -0.39 is 0 Å². The summed E-state index contributed by atoms with van der Waals surface area (Å²) < 4.78 is 5.42. The maximum absolute atomic E-state index is 11.8. The van der Waals surface area contributed by atoms with Crippen LogP contribution in [0.5, 0.6) is 5.75 Å². The van der Waals surface area contributed by atoms with E-state index in [0.717, 1.165) is 35.7 Å². The Balaban J connectivity index is 1.67. The molecule has 0 atom stereocenters. The van der Waals surface area contributed by atoms with E-state index in [1.165, 1.54) is 0 Å². The minimum absolute atomic E-state index is 0.0573. The molecule has 5 heteroatoms. The van der Waals surface area contributed by atoms with Crippen molar-refractivity contribution in [3.8, 4) is 5.75 Å². The maximum Gasteiger partial charge on any atom is 0.230 e. The van der Waals surface area contributed by atoms with Gasteiger partial charge in [-0.05, 0) is 29.8 Å². The monoisotopic (exact) mass is 243 g/mol. The van der Waals surface area contributed by atoms with Gasteiger partial charge in [0, 0.05) is 24.0 Å². The molecule has 1 aliphatic heterocycles. The van der Waals surface area contributed by atoms with Crippen molar-refractivity contribution in [1.29, 1.82) is 0 Å². The van der Waals surface area contributed by atoms with Gasteiger partial charge in [-0.15, -0.1) is 0 Å². The van der Waals surface area contributed by atoms with Gasteiger partial charge >= 0.3 is 0 Å². The topological polar surface area (TPSA) is 67.0 Å². The molecule has 0 saturated carbocycles. The van der Waals surface area contributed by atoms with Crippen LogP contribution in [0, 0.1) is 0 Å². The van der Waals surface area contributed by atoms with Crippen LogP contribution < -0.4 is 10.1 Å². The van der Waals surface area contributed by atoms with Gasteiger partial charge in [0.1, 0.15) is 5.75 Å². The van der Waals surface area contributed by atoms with Gasteiger partial charge in [-0.25, -0.2) is 0 Å². The number of aromatic amines is 1. The highest BCUT2D eigenvalue weighted by Crippen LogP contribution is 2.27. The predicted molar refractivity (Wildman–Crippen MR) is 66.6 cm³/mol. The number of carbonyl (C=O) groups is 1. The second-order valence-corrected chi connectivity index (χ2v) is 4.23. The number of ether oxygens (including phenoxy) is 1. The molecule has 2 heterocycles. The first-order valence-electron chi connectivity index (χ1n) is 5.85. The van der Waals surface area contributed by atoms with Crippen molar-refractivity contribution < 1.29 is 9.53 Å². The van der Waals surface area contributed by atoms with Crippen molar-refractivity contribution in [1.82, 2.24) is 10.2 Å². The first kappa shape index (κ1) is 10.8. The summed E-state index contributed by atoms with van der Waals surface area (Å²) in [5.74, 6) is 0.861. The number of hydrogen-bond donors (Lipinski definition) is 2. The number of rotatable bonds is 3. The van der Waals surface area contributed by atoms with Crippen LogP contribution in [0.15, 0.2) is 30.5 Å². The predicted octanol–water partition coefficient (Wildman–Crippen LogP) is 1.53. The summed E-state index contributed by atoms with van der Waals surface area (Å²) in [5.41, 5.74) is 2.76. The normalized spacial score (nSPS) is 12.9. The van der Waals surface area contributed by atoms with Gasteiger partial charge in [-0.2, -0.15) is 5.10 Å². The number of nitrogens with zero attached hydrogens (tertiary/aromatic N) is 1. The summed E-state index contributed by atoms with van der Waals surface area (Å²) in [6, 6.07) is 7.51. The van der Waals surface area contributed by atoms with Crippen LogP contribution in [0.4, 0.5) is 5.69 Å². The lowest BCUT2D eigenvalue weighted by Crippen LogP contribution is -2.14. The molecular formula is C13H13N3O2. The molecule has 2 aromatic rings. The second kappa shape index (κ2) is 4.52. The van der Waals surface area contributed by atoms with Gasteiger partial charge in [0.05, 0.1) is 13.0 Å². The smallest absolute Gasteiger partial charge is 0.230 e. The molecule has 18 heavy (non-hydrogen) atoms. The second-order valence-electron chi connectivity index (χ2n) is 4.23. The Bertz CT molecular complexity index is 564. The van der Waals surface area contributed by atoms with Gasteiger partial charge < -0.3 is 10.1 Å². The molecule has 2 N–H and O–H groups in total. The molecule has 1 aliphatic rings. The van der Waals surface area contributed by atoms with Crippen molar-refractivity contribution in [2.24, 2.45) is 0 Å². The van der Waals surface area contributed by atoms with Crippen molar-refractivity contribution in [2.75, 3.05) is 11.9 Å². The third kappa shape index (κ3) is 2.20. The van der Waals surface area contributed by atoms with Crippen LogP contribution >= 0.6 is 0 Å². The molecule has 5 nitrogen and oxygen atoms in total. The van der Waals surface area contributed by atoms with E-state index in [4.69, 9.17) is 4.74 Å². The minimum Gasteiger partial charge on any atom is -0.493 e. The van der Waals surface area contributed by atoms with Gasteiger partial charge in [-0.3, -0.25) is 9.89 Å². The Morgan fingerprint density at radius 3 is 3.22 bits per heavy atom. The lowest BCUT2D eigenvalue weighted by Gasteiger charge is -2.06. The number of benzene rings is 1. The molecule has 0 saturated heterocycles. The quantitative estimate of drug-likeness (QED) is 0.859. The number of hydrogen-bond acceptors (Lipinski definition) is 3. The van der Waals surface area contributed by atoms with Crippen LogP contribution in [0.2, 0.25) is 0 Å². The summed E-state index contributed by atoms with van der Waals surface area (Å²) in [7, 11) is 0. The fourth-order valence-electron chi connectivity index (χ4n) is 2.03. The molecule has 1 aromatic carbocycles. The SMILES string of the molecule is O=C(Cc1ccn[nH]1)Nc1ccc2c(c1)CCO2. The highest BCUT2D eigenvalue weighted by atomic mass is 16.5. The summed E-state index contributed by atoms with van der Waals surface area (Å²) in [5, 5.41) is 9.44. The summed E-state index contributed by atoms with van der Waals surface area (Å²) >= 11 is 0. The average Bonchev–Trinajstić information content (AvgIpc) is 2.98. The number of amides is 1. The molecule has 0 bridgehead atoms. The van der Waals surface area contributed by atoms with Gasteiger partial charge in [0.25, 0.3) is 0 Å². The van der Waals surface area contributed by atoms with Crippen LogP contribution in [0.25, 0.3) is 0 Å². The molecule has 0 spiro atoms. The van der Waals surface area contributed by atoms with Gasteiger partial charge in [-0.1, -0.05) is 0 Å². The van der Waals surface area contributed by atoms with E-state index >= 15 is 0 Å². The molecule has 1 amide bonds. The number of anilines is 1. The zero-order chi connectivity index (χ0) is 12.4.